The van der Waals surface area contributed by atoms with Gasteiger partial charge in [-0.2, -0.15) is 0 Å². The summed E-state index contributed by atoms with van der Waals surface area (Å²) in [5.41, 5.74) is 0. The van der Waals surface area contributed by atoms with Crippen molar-refractivity contribution in [2.75, 3.05) is 0 Å². The van der Waals surface area contributed by atoms with E-state index in [1.54, 1.807) is 0 Å². The summed E-state index contributed by atoms with van der Waals surface area (Å²) in [6, 6.07) is 0. The van der Waals surface area contributed by atoms with Crippen molar-refractivity contribution in [3.8, 4) is 0 Å². The topological polar surface area (TPSA) is 57.5 Å². The van der Waals surface area contributed by atoms with Gasteiger partial charge >= 0.3 is 5.97 Å². The second-order valence-electron chi connectivity index (χ2n) is 7.32. The molecule has 0 radical (unpaired) electrons. The summed E-state index contributed by atoms with van der Waals surface area (Å²) in [6.07, 6.45) is 21.0. The number of aliphatic hydroxyl groups excluding tert-OH is 1. The van der Waals surface area contributed by atoms with Gasteiger partial charge in [0, 0.05) is 6.42 Å². The van der Waals surface area contributed by atoms with Gasteiger partial charge in [0.2, 0.25) is 0 Å². The van der Waals surface area contributed by atoms with Crippen molar-refractivity contribution in [2.45, 2.75) is 129 Å². The van der Waals surface area contributed by atoms with Crippen molar-refractivity contribution in [2.24, 2.45) is 0 Å². The van der Waals surface area contributed by atoms with E-state index in [0.717, 1.165) is 32.1 Å². The monoisotopic (exact) mass is 342 g/mol. The van der Waals surface area contributed by atoms with Crippen molar-refractivity contribution in [3.05, 3.63) is 0 Å². The molecule has 0 aromatic heterocycles. The largest absolute Gasteiger partial charge is 0.481 e. The summed E-state index contributed by atoms with van der Waals surface area (Å²) in [5, 5.41) is 18.2. The fourth-order valence-corrected chi connectivity index (χ4v) is 3.26. The molecule has 0 rings (SSSR count). The number of unbranched alkanes of at least 4 members (excludes halogenated alkanes) is 13. The Balaban J connectivity index is 3.04. The Morgan fingerprint density at radius 1 is 0.667 bits per heavy atom. The Bertz CT molecular complexity index is 266. The van der Waals surface area contributed by atoms with Gasteiger partial charge in [0.1, 0.15) is 0 Å². The van der Waals surface area contributed by atoms with Gasteiger partial charge in [0.15, 0.2) is 0 Å². The Hall–Kier alpha value is -0.570. The molecule has 0 aliphatic rings. The van der Waals surface area contributed by atoms with Crippen molar-refractivity contribution in [1.82, 2.24) is 0 Å². The lowest BCUT2D eigenvalue weighted by atomic mass is 10.0. The molecule has 0 spiro atoms. The Kier molecular flexibility index (Phi) is 18.3. The van der Waals surface area contributed by atoms with Gasteiger partial charge in [0.25, 0.3) is 0 Å². The second-order valence-corrected chi connectivity index (χ2v) is 7.32. The molecule has 0 amide bonds. The first kappa shape index (κ1) is 23.4. The molecule has 3 nitrogen and oxygen atoms in total. The maximum Gasteiger partial charge on any atom is 0.303 e. The Labute approximate surface area is 150 Å². The molecule has 0 heterocycles. The van der Waals surface area contributed by atoms with Crippen LogP contribution in [0.5, 0.6) is 0 Å². The minimum absolute atomic E-state index is 0.0628. The summed E-state index contributed by atoms with van der Waals surface area (Å²) in [4.78, 5) is 10.4. The van der Waals surface area contributed by atoms with E-state index in [4.69, 9.17) is 5.11 Å². The predicted octanol–water partition coefficient (Wildman–Crippen LogP) is 6.47. The molecular weight excluding hydrogens is 300 g/mol. The van der Waals surface area contributed by atoms with Crippen molar-refractivity contribution >= 4 is 5.97 Å². The number of aliphatic hydroxyl groups is 1. The van der Waals surface area contributed by atoms with Gasteiger partial charge in [-0.1, -0.05) is 96.8 Å². The highest BCUT2D eigenvalue weighted by atomic mass is 16.4. The first-order chi connectivity index (χ1) is 11.7. The van der Waals surface area contributed by atoms with Gasteiger partial charge in [-0.3, -0.25) is 4.79 Å². The maximum atomic E-state index is 10.4. The molecule has 1 unspecified atom stereocenters. The molecule has 144 valence electrons. The lowest BCUT2D eigenvalue weighted by Gasteiger charge is -2.08. The zero-order chi connectivity index (χ0) is 17.9. The van der Waals surface area contributed by atoms with E-state index in [2.05, 4.69) is 6.92 Å². The third-order valence-electron chi connectivity index (χ3n) is 4.80. The quantitative estimate of drug-likeness (QED) is 0.264. The fourth-order valence-electron chi connectivity index (χ4n) is 3.26. The van der Waals surface area contributed by atoms with Crippen molar-refractivity contribution in [1.29, 1.82) is 0 Å². The highest BCUT2D eigenvalue weighted by molar-refractivity contribution is 5.66. The highest BCUT2D eigenvalue weighted by Crippen LogP contribution is 2.14. The number of carboxylic acid groups (broad SMARTS) is 1. The van der Waals surface area contributed by atoms with E-state index in [9.17, 15) is 9.90 Å². The SMILES string of the molecule is CCCC(O)CCCCCCCCCCCCCCCCC(=O)O. The lowest BCUT2D eigenvalue weighted by molar-refractivity contribution is -0.137. The summed E-state index contributed by atoms with van der Waals surface area (Å²) in [5.74, 6) is -0.663. The first-order valence-corrected chi connectivity index (χ1v) is 10.6. The van der Waals surface area contributed by atoms with Gasteiger partial charge in [-0.25, -0.2) is 0 Å². The third kappa shape index (κ3) is 19.5. The molecule has 0 fully saturated rings. The average Bonchev–Trinajstić information content (AvgIpc) is 2.54. The molecule has 2 N–H and O–H groups in total. The number of carboxylic acids is 1. The molecule has 0 saturated carbocycles. The van der Waals surface area contributed by atoms with Crippen LogP contribution in [0, 0.1) is 0 Å². The van der Waals surface area contributed by atoms with E-state index in [0.29, 0.717) is 6.42 Å². The maximum absolute atomic E-state index is 10.4. The molecule has 0 aromatic rings. The van der Waals surface area contributed by atoms with Crippen LogP contribution in [0.2, 0.25) is 0 Å². The average molecular weight is 343 g/mol. The van der Waals surface area contributed by atoms with Crippen LogP contribution in [0.1, 0.15) is 122 Å². The van der Waals surface area contributed by atoms with Crippen molar-refractivity contribution in [3.63, 3.8) is 0 Å². The molecule has 0 aromatic carbocycles. The van der Waals surface area contributed by atoms with Crippen LogP contribution < -0.4 is 0 Å². The van der Waals surface area contributed by atoms with Gasteiger partial charge in [-0.05, 0) is 19.3 Å². The zero-order valence-corrected chi connectivity index (χ0v) is 16.1. The zero-order valence-electron chi connectivity index (χ0n) is 16.1. The molecule has 0 aliphatic carbocycles. The van der Waals surface area contributed by atoms with E-state index >= 15 is 0 Å². The summed E-state index contributed by atoms with van der Waals surface area (Å²) in [6.45, 7) is 2.13. The highest BCUT2D eigenvalue weighted by Gasteiger charge is 2.01. The van der Waals surface area contributed by atoms with E-state index < -0.39 is 5.97 Å². The summed E-state index contributed by atoms with van der Waals surface area (Å²) >= 11 is 0. The minimum atomic E-state index is -0.663. The number of hydrogen-bond donors (Lipinski definition) is 2. The molecule has 1 atom stereocenters. The molecular formula is C21H42O3. The van der Waals surface area contributed by atoms with Crippen LogP contribution in [0.3, 0.4) is 0 Å². The normalized spacial score (nSPS) is 12.4. The van der Waals surface area contributed by atoms with Gasteiger partial charge < -0.3 is 10.2 Å². The number of carbonyl (C=O) groups is 1. The van der Waals surface area contributed by atoms with E-state index in [1.165, 1.54) is 77.0 Å². The number of hydrogen-bond acceptors (Lipinski definition) is 2. The second kappa shape index (κ2) is 18.8. The fraction of sp³-hybridized carbons (Fsp3) is 0.952. The molecule has 0 saturated heterocycles. The molecule has 3 heteroatoms. The predicted molar refractivity (Wildman–Crippen MR) is 102 cm³/mol. The van der Waals surface area contributed by atoms with Crippen LogP contribution in [0.4, 0.5) is 0 Å². The van der Waals surface area contributed by atoms with Gasteiger partial charge in [0.05, 0.1) is 6.10 Å². The Morgan fingerprint density at radius 2 is 1.04 bits per heavy atom. The number of rotatable bonds is 19. The third-order valence-corrected chi connectivity index (χ3v) is 4.80. The van der Waals surface area contributed by atoms with Gasteiger partial charge in [-0.15, -0.1) is 0 Å². The van der Waals surface area contributed by atoms with Crippen molar-refractivity contribution < 1.29 is 15.0 Å². The van der Waals surface area contributed by atoms with Crippen LogP contribution in [-0.2, 0) is 4.79 Å². The summed E-state index contributed by atoms with van der Waals surface area (Å²) in [7, 11) is 0. The molecule has 0 bridgehead atoms. The molecule has 24 heavy (non-hydrogen) atoms. The first-order valence-electron chi connectivity index (χ1n) is 10.6. The standard InChI is InChI=1S/C21H42O3/c1-2-17-20(22)18-15-13-11-9-7-5-3-4-6-8-10-12-14-16-19-21(23)24/h20,22H,2-19H2,1H3,(H,23,24). The van der Waals surface area contributed by atoms with E-state index in [1.807, 2.05) is 0 Å². The number of aliphatic carboxylic acids is 1. The van der Waals surface area contributed by atoms with Crippen LogP contribution in [0.25, 0.3) is 0 Å². The molecule has 0 aliphatic heterocycles. The van der Waals surface area contributed by atoms with Crippen LogP contribution >= 0.6 is 0 Å². The Morgan fingerprint density at radius 3 is 1.42 bits per heavy atom. The minimum Gasteiger partial charge on any atom is -0.481 e. The van der Waals surface area contributed by atoms with E-state index in [-0.39, 0.29) is 6.10 Å². The van der Waals surface area contributed by atoms with Crippen LogP contribution in [-0.4, -0.2) is 22.3 Å². The van der Waals surface area contributed by atoms with Crippen LogP contribution in [0.15, 0.2) is 0 Å². The summed E-state index contributed by atoms with van der Waals surface area (Å²) < 4.78 is 0. The lowest BCUT2D eigenvalue weighted by Crippen LogP contribution is -2.04. The smallest absolute Gasteiger partial charge is 0.303 e.